The number of hydrogen-bond donors (Lipinski definition) is 0. The summed E-state index contributed by atoms with van der Waals surface area (Å²) in [5.74, 6) is 0.155. The number of nitrogens with zero attached hydrogens (tertiary/aromatic N) is 1. The van der Waals surface area contributed by atoms with E-state index >= 15 is 0 Å². The topological polar surface area (TPSA) is 56.3 Å². The Kier molecular flexibility index (Phi) is 2.54. The highest BCUT2D eigenvalue weighted by atomic mass is 35.5. The van der Waals surface area contributed by atoms with E-state index in [0.717, 1.165) is 6.26 Å². The van der Waals surface area contributed by atoms with E-state index in [1.54, 1.807) is 0 Å². The first-order valence-corrected chi connectivity index (χ1v) is 5.18. The van der Waals surface area contributed by atoms with Crippen LogP contribution in [0, 0.1) is 0 Å². The van der Waals surface area contributed by atoms with E-state index in [-0.39, 0.29) is 10.9 Å². The van der Waals surface area contributed by atoms with E-state index in [1.165, 1.54) is 18.3 Å². The summed E-state index contributed by atoms with van der Waals surface area (Å²) in [4.78, 5) is 3.64. The molecule has 0 aromatic carbocycles. The second kappa shape index (κ2) is 3.28. The van der Waals surface area contributed by atoms with Gasteiger partial charge in [-0.2, -0.15) is 8.42 Å². The highest BCUT2D eigenvalue weighted by Crippen LogP contribution is 2.13. The lowest BCUT2D eigenvalue weighted by atomic mass is 10.5. The molecule has 0 spiro atoms. The van der Waals surface area contributed by atoms with Gasteiger partial charge in [0.1, 0.15) is 5.15 Å². The Bertz CT molecular complexity index is 359. The Balaban J connectivity index is 2.85. The molecular formula is C6H6ClNO3S. The van der Waals surface area contributed by atoms with Crippen LogP contribution < -0.4 is 4.18 Å². The molecule has 0 radical (unpaired) electrons. The molecule has 0 unspecified atom stereocenters. The molecule has 1 aromatic rings. The monoisotopic (exact) mass is 207 g/mol. The maximum absolute atomic E-state index is 10.6. The second-order valence-corrected chi connectivity index (χ2v) is 4.07. The van der Waals surface area contributed by atoms with Gasteiger partial charge in [0.2, 0.25) is 0 Å². The van der Waals surface area contributed by atoms with Crippen LogP contribution >= 0.6 is 11.6 Å². The molecule has 0 amide bonds. The van der Waals surface area contributed by atoms with Crippen LogP contribution in [0.2, 0.25) is 5.15 Å². The van der Waals surface area contributed by atoms with E-state index < -0.39 is 10.1 Å². The van der Waals surface area contributed by atoms with Crippen molar-refractivity contribution in [3.63, 3.8) is 0 Å². The van der Waals surface area contributed by atoms with Crippen LogP contribution in [0.25, 0.3) is 0 Å². The number of pyridine rings is 1. The lowest BCUT2D eigenvalue weighted by Crippen LogP contribution is -2.05. The van der Waals surface area contributed by atoms with Gasteiger partial charge in [0.05, 0.1) is 12.5 Å². The molecule has 1 heterocycles. The van der Waals surface area contributed by atoms with Crippen molar-refractivity contribution in [1.82, 2.24) is 4.98 Å². The van der Waals surface area contributed by atoms with Crippen molar-refractivity contribution in [2.45, 2.75) is 0 Å². The Morgan fingerprint density at radius 3 is 2.58 bits per heavy atom. The van der Waals surface area contributed by atoms with Gasteiger partial charge in [-0.3, -0.25) is 0 Å². The molecule has 6 heteroatoms. The number of halogens is 1. The summed E-state index contributed by atoms with van der Waals surface area (Å²) in [6.07, 6.45) is 2.20. The zero-order valence-electron chi connectivity index (χ0n) is 6.19. The van der Waals surface area contributed by atoms with Gasteiger partial charge >= 0.3 is 10.1 Å². The molecule has 0 aliphatic heterocycles. The van der Waals surface area contributed by atoms with Crippen LogP contribution in [0.5, 0.6) is 5.75 Å². The molecule has 0 saturated carbocycles. The molecule has 0 fully saturated rings. The molecule has 4 nitrogen and oxygen atoms in total. The van der Waals surface area contributed by atoms with Crippen molar-refractivity contribution in [3.8, 4) is 5.75 Å². The first-order chi connectivity index (χ1) is 5.47. The molecule has 0 N–H and O–H groups in total. The quantitative estimate of drug-likeness (QED) is 0.538. The predicted molar refractivity (Wildman–Crippen MR) is 44.7 cm³/mol. The molecule has 1 aromatic heterocycles. The Morgan fingerprint density at radius 1 is 1.50 bits per heavy atom. The Morgan fingerprint density at radius 2 is 2.17 bits per heavy atom. The first kappa shape index (κ1) is 9.28. The third-order valence-corrected chi connectivity index (χ3v) is 1.67. The smallest absolute Gasteiger partial charge is 0.306 e. The van der Waals surface area contributed by atoms with Crippen molar-refractivity contribution in [1.29, 1.82) is 0 Å². The zero-order valence-corrected chi connectivity index (χ0v) is 7.76. The highest BCUT2D eigenvalue weighted by molar-refractivity contribution is 7.86. The standard InChI is InChI=1S/C6H6ClNO3S/c1-12(9,10)11-5-2-3-6(7)8-4-5/h2-4H,1H3. The fourth-order valence-electron chi connectivity index (χ4n) is 0.586. The van der Waals surface area contributed by atoms with Gasteiger partial charge < -0.3 is 4.18 Å². The predicted octanol–water partition coefficient (Wildman–Crippen LogP) is 1.07. The average molecular weight is 208 g/mol. The lowest BCUT2D eigenvalue weighted by Gasteiger charge is -2.00. The summed E-state index contributed by atoms with van der Waals surface area (Å²) in [6, 6.07) is 2.87. The number of aromatic nitrogens is 1. The normalized spacial score (nSPS) is 11.2. The summed E-state index contributed by atoms with van der Waals surface area (Å²) < 4.78 is 25.7. The van der Waals surface area contributed by atoms with Gasteiger partial charge in [-0.15, -0.1) is 0 Å². The van der Waals surface area contributed by atoms with Crippen LogP contribution in [0.3, 0.4) is 0 Å². The summed E-state index contributed by atoms with van der Waals surface area (Å²) in [5, 5.41) is 0.288. The summed E-state index contributed by atoms with van der Waals surface area (Å²) in [6.45, 7) is 0. The molecule has 0 aliphatic carbocycles. The minimum Gasteiger partial charge on any atom is -0.381 e. The van der Waals surface area contributed by atoms with Crippen LogP contribution in [-0.4, -0.2) is 19.7 Å². The van der Waals surface area contributed by atoms with Crippen LogP contribution in [0.4, 0.5) is 0 Å². The fourth-order valence-corrected chi connectivity index (χ4v) is 1.15. The fraction of sp³-hybridized carbons (Fsp3) is 0.167. The Hall–Kier alpha value is -0.810. The summed E-state index contributed by atoms with van der Waals surface area (Å²) in [5.41, 5.74) is 0. The molecule has 1 rings (SSSR count). The molecule has 0 atom stereocenters. The van der Waals surface area contributed by atoms with E-state index in [4.69, 9.17) is 11.6 Å². The zero-order chi connectivity index (χ0) is 9.19. The van der Waals surface area contributed by atoms with Gasteiger partial charge in [0.15, 0.2) is 5.75 Å². The number of rotatable bonds is 2. The van der Waals surface area contributed by atoms with Gasteiger partial charge in [-0.25, -0.2) is 4.98 Å². The van der Waals surface area contributed by atoms with Crippen LogP contribution in [0.15, 0.2) is 18.3 Å². The third-order valence-electron chi connectivity index (χ3n) is 0.948. The van der Waals surface area contributed by atoms with Crippen molar-refractivity contribution in [3.05, 3.63) is 23.5 Å². The minimum atomic E-state index is -3.47. The molecule has 0 saturated heterocycles. The second-order valence-electron chi connectivity index (χ2n) is 2.10. The lowest BCUT2D eigenvalue weighted by molar-refractivity contribution is 0.492. The SMILES string of the molecule is CS(=O)(=O)Oc1ccc(Cl)nc1. The summed E-state index contributed by atoms with van der Waals surface area (Å²) >= 11 is 5.47. The largest absolute Gasteiger partial charge is 0.381 e. The molecule has 0 aliphatic rings. The van der Waals surface area contributed by atoms with E-state index in [9.17, 15) is 8.42 Å². The number of hydrogen-bond acceptors (Lipinski definition) is 4. The maximum Gasteiger partial charge on any atom is 0.306 e. The molecule has 12 heavy (non-hydrogen) atoms. The highest BCUT2D eigenvalue weighted by Gasteiger charge is 2.03. The van der Waals surface area contributed by atoms with E-state index in [0.29, 0.717) is 0 Å². The van der Waals surface area contributed by atoms with Crippen molar-refractivity contribution in [2.24, 2.45) is 0 Å². The van der Waals surface area contributed by atoms with E-state index in [2.05, 4.69) is 9.17 Å². The van der Waals surface area contributed by atoms with Crippen LogP contribution in [0.1, 0.15) is 0 Å². The van der Waals surface area contributed by atoms with Crippen LogP contribution in [-0.2, 0) is 10.1 Å². The third kappa shape index (κ3) is 3.06. The van der Waals surface area contributed by atoms with Crippen molar-refractivity contribution in [2.75, 3.05) is 6.26 Å². The van der Waals surface area contributed by atoms with Gasteiger partial charge in [-0.05, 0) is 12.1 Å². The summed E-state index contributed by atoms with van der Waals surface area (Å²) in [7, 11) is -3.47. The average Bonchev–Trinajstić information content (AvgIpc) is 1.91. The molecular weight excluding hydrogens is 202 g/mol. The van der Waals surface area contributed by atoms with Crippen molar-refractivity contribution >= 4 is 21.7 Å². The Labute approximate surface area is 75.3 Å². The maximum atomic E-state index is 10.6. The van der Waals surface area contributed by atoms with Gasteiger partial charge in [0.25, 0.3) is 0 Å². The minimum absolute atomic E-state index is 0.155. The van der Waals surface area contributed by atoms with E-state index in [1.807, 2.05) is 0 Å². The molecule has 66 valence electrons. The van der Waals surface area contributed by atoms with Gasteiger partial charge in [-0.1, -0.05) is 11.6 Å². The molecule has 0 bridgehead atoms. The first-order valence-electron chi connectivity index (χ1n) is 2.98. The van der Waals surface area contributed by atoms with Gasteiger partial charge in [0, 0.05) is 0 Å². The van der Waals surface area contributed by atoms with Crippen molar-refractivity contribution < 1.29 is 12.6 Å².